The van der Waals surface area contributed by atoms with Crippen molar-refractivity contribution in [3.05, 3.63) is 30.5 Å². The zero-order valence-electron chi connectivity index (χ0n) is 10.9. The summed E-state index contributed by atoms with van der Waals surface area (Å²) < 4.78 is 6.87. The van der Waals surface area contributed by atoms with E-state index in [0.717, 1.165) is 16.6 Å². The van der Waals surface area contributed by atoms with Gasteiger partial charge in [-0.2, -0.15) is 0 Å². The predicted octanol–water partition coefficient (Wildman–Crippen LogP) is 2.42. The van der Waals surface area contributed by atoms with Gasteiger partial charge in [0.05, 0.1) is 12.5 Å². The van der Waals surface area contributed by atoms with Crippen LogP contribution in [0, 0.1) is 5.41 Å². The number of nitrogens with two attached hydrogens (primary N) is 1. The number of benzene rings is 1. The molecule has 4 heteroatoms. The summed E-state index contributed by atoms with van der Waals surface area (Å²) in [5, 5.41) is 1.08. The number of nitrogen functional groups attached to an aromatic ring is 1. The molecule has 0 spiro atoms. The number of esters is 1. The van der Waals surface area contributed by atoms with Crippen LogP contribution in [0.2, 0.25) is 0 Å². The van der Waals surface area contributed by atoms with Crippen molar-refractivity contribution in [2.75, 3.05) is 12.8 Å². The van der Waals surface area contributed by atoms with E-state index in [9.17, 15) is 4.79 Å². The molecule has 0 saturated heterocycles. The molecule has 0 aliphatic rings. The summed E-state index contributed by atoms with van der Waals surface area (Å²) in [5.74, 6) is -0.209. The van der Waals surface area contributed by atoms with Gasteiger partial charge in [0.25, 0.3) is 0 Å². The lowest BCUT2D eigenvalue weighted by molar-refractivity contribution is -0.151. The Hall–Kier alpha value is -1.97. The van der Waals surface area contributed by atoms with Gasteiger partial charge in [0.2, 0.25) is 0 Å². The molecule has 2 aromatic rings. The van der Waals surface area contributed by atoms with Crippen LogP contribution in [0.5, 0.6) is 0 Å². The molecule has 0 aliphatic heterocycles. The second-order valence-corrected chi connectivity index (χ2v) is 5.14. The summed E-state index contributed by atoms with van der Waals surface area (Å²) in [7, 11) is 1.42. The second-order valence-electron chi connectivity index (χ2n) is 5.14. The number of fused-ring (bicyclic) bond motifs is 1. The average molecular weight is 246 g/mol. The second kappa shape index (κ2) is 4.37. The van der Waals surface area contributed by atoms with Crippen molar-refractivity contribution in [1.29, 1.82) is 0 Å². The lowest BCUT2D eigenvalue weighted by atomic mass is 9.93. The van der Waals surface area contributed by atoms with Crippen LogP contribution in [0.1, 0.15) is 13.8 Å². The fourth-order valence-corrected chi connectivity index (χ4v) is 2.12. The molecule has 0 bridgehead atoms. The molecule has 0 amide bonds. The first-order valence-electron chi connectivity index (χ1n) is 5.87. The van der Waals surface area contributed by atoms with Gasteiger partial charge >= 0.3 is 5.97 Å². The molecule has 1 heterocycles. The first-order valence-corrected chi connectivity index (χ1v) is 5.87. The third-order valence-corrected chi connectivity index (χ3v) is 3.10. The number of hydrogen-bond acceptors (Lipinski definition) is 3. The Labute approximate surface area is 106 Å². The number of rotatable bonds is 3. The Bertz CT molecular complexity index is 584. The van der Waals surface area contributed by atoms with Gasteiger partial charge in [-0.25, -0.2) is 0 Å². The molecule has 96 valence electrons. The van der Waals surface area contributed by atoms with Gasteiger partial charge in [-0.05, 0) is 38.1 Å². The Morgan fingerprint density at radius 3 is 2.78 bits per heavy atom. The molecule has 0 aliphatic carbocycles. The largest absolute Gasteiger partial charge is 0.469 e. The molecular weight excluding hydrogens is 228 g/mol. The maximum atomic E-state index is 11.7. The van der Waals surface area contributed by atoms with Crippen LogP contribution in [-0.4, -0.2) is 17.6 Å². The first kappa shape index (κ1) is 12.5. The minimum atomic E-state index is -0.553. The molecule has 2 N–H and O–H groups in total. The summed E-state index contributed by atoms with van der Waals surface area (Å²) in [6.45, 7) is 4.33. The maximum absolute atomic E-state index is 11.7. The molecule has 0 atom stereocenters. The van der Waals surface area contributed by atoms with E-state index in [1.807, 2.05) is 48.9 Å². The highest BCUT2D eigenvalue weighted by molar-refractivity contribution is 5.83. The minimum Gasteiger partial charge on any atom is -0.469 e. The summed E-state index contributed by atoms with van der Waals surface area (Å²) >= 11 is 0. The van der Waals surface area contributed by atoms with Crippen molar-refractivity contribution in [3.8, 4) is 0 Å². The molecule has 4 nitrogen and oxygen atoms in total. The number of anilines is 1. The van der Waals surface area contributed by atoms with Crippen molar-refractivity contribution in [1.82, 2.24) is 4.57 Å². The van der Waals surface area contributed by atoms with E-state index < -0.39 is 5.41 Å². The van der Waals surface area contributed by atoms with E-state index >= 15 is 0 Å². The van der Waals surface area contributed by atoms with Crippen molar-refractivity contribution >= 4 is 22.6 Å². The fourth-order valence-electron chi connectivity index (χ4n) is 2.12. The van der Waals surface area contributed by atoms with Crippen LogP contribution in [-0.2, 0) is 16.1 Å². The SMILES string of the molecule is COC(=O)C(C)(C)Cn1ccc2cc(N)ccc21. The van der Waals surface area contributed by atoms with Crippen LogP contribution >= 0.6 is 0 Å². The number of aromatic nitrogens is 1. The zero-order chi connectivity index (χ0) is 13.3. The Balaban J connectivity index is 2.35. The van der Waals surface area contributed by atoms with Crippen molar-refractivity contribution in [2.24, 2.45) is 5.41 Å². The highest BCUT2D eigenvalue weighted by atomic mass is 16.5. The van der Waals surface area contributed by atoms with E-state index in [0.29, 0.717) is 6.54 Å². The number of carbonyl (C=O) groups excluding carboxylic acids is 1. The van der Waals surface area contributed by atoms with Gasteiger partial charge in [0, 0.05) is 29.3 Å². The van der Waals surface area contributed by atoms with Crippen LogP contribution in [0.25, 0.3) is 10.9 Å². The normalized spacial score (nSPS) is 11.7. The molecule has 0 fully saturated rings. The van der Waals surface area contributed by atoms with Gasteiger partial charge in [-0.1, -0.05) is 0 Å². The van der Waals surface area contributed by atoms with Crippen molar-refractivity contribution < 1.29 is 9.53 Å². The topological polar surface area (TPSA) is 57.2 Å². The minimum absolute atomic E-state index is 0.209. The molecular formula is C14H18N2O2. The number of hydrogen-bond donors (Lipinski definition) is 1. The van der Waals surface area contributed by atoms with Gasteiger partial charge < -0.3 is 15.0 Å². The molecule has 1 aromatic carbocycles. The van der Waals surface area contributed by atoms with Crippen LogP contribution in [0.4, 0.5) is 5.69 Å². The smallest absolute Gasteiger partial charge is 0.313 e. The summed E-state index contributed by atoms with van der Waals surface area (Å²) in [6, 6.07) is 7.76. The monoisotopic (exact) mass is 246 g/mol. The molecule has 0 unspecified atom stereocenters. The van der Waals surface area contributed by atoms with E-state index in [-0.39, 0.29) is 5.97 Å². The first-order chi connectivity index (χ1) is 8.44. The molecule has 0 saturated carbocycles. The average Bonchev–Trinajstić information content (AvgIpc) is 2.69. The van der Waals surface area contributed by atoms with E-state index in [4.69, 9.17) is 10.5 Å². The van der Waals surface area contributed by atoms with Crippen LogP contribution in [0.15, 0.2) is 30.5 Å². The predicted molar refractivity (Wildman–Crippen MR) is 72.1 cm³/mol. The van der Waals surface area contributed by atoms with Gasteiger partial charge in [0.15, 0.2) is 0 Å². The number of carbonyl (C=O) groups is 1. The molecule has 1 aromatic heterocycles. The standard InChI is InChI=1S/C14H18N2O2/c1-14(2,13(17)18-3)9-16-7-6-10-8-11(15)4-5-12(10)16/h4-8H,9,15H2,1-3H3. The summed E-state index contributed by atoms with van der Waals surface area (Å²) in [6.07, 6.45) is 1.97. The van der Waals surface area contributed by atoms with Gasteiger partial charge in [0.1, 0.15) is 0 Å². The lowest BCUT2D eigenvalue weighted by Gasteiger charge is -2.22. The summed E-state index contributed by atoms with van der Waals surface area (Å²) in [4.78, 5) is 11.7. The summed E-state index contributed by atoms with van der Waals surface area (Å²) in [5.41, 5.74) is 7.01. The Morgan fingerprint density at radius 1 is 1.39 bits per heavy atom. The van der Waals surface area contributed by atoms with Gasteiger partial charge in [-0.3, -0.25) is 4.79 Å². The van der Waals surface area contributed by atoms with Crippen LogP contribution in [0.3, 0.4) is 0 Å². The molecule has 18 heavy (non-hydrogen) atoms. The third kappa shape index (κ3) is 2.18. The maximum Gasteiger partial charge on any atom is 0.313 e. The quantitative estimate of drug-likeness (QED) is 0.668. The number of methoxy groups -OCH3 is 1. The third-order valence-electron chi connectivity index (χ3n) is 3.10. The van der Waals surface area contributed by atoms with Crippen molar-refractivity contribution in [2.45, 2.75) is 20.4 Å². The number of nitrogens with zero attached hydrogens (tertiary/aromatic N) is 1. The van der Waals surface area contributed by atoms with Crippen LogP contribution < -0.4 is 5.73 Å². The van der Waals surface area contributed by atoms with E-state index in [1.165, 1.54) is 7.11 Å². The van der Waals surface area contributed by atoms with E-state index in [2.05, 4.69) is 0 Å². The number of ether oxygens (including phenoxy) is 1. The Morgan fingerprint density at radius 2 is 2.11 bits per heavy atom. The molecule has 2 rings (SSSR count). The van der Waals surface area contributed by atoms with Crippen molar-refractivity contribution in [3.63, 3.8) is 0 Å². The fraction of sp³-hybridized carbons (Fsp3) is 0.357. The van der Waals surface area contributed by atoms with Gasteiger partial charge in [-0.15, -0.1) is 0 Å². The highest BCUT2D eigenvalue weighted by Gasteiger charge is 2.29. The zero-order valence-corrected chi connectivity index (χ0v) is 10.9. The highest BCUT2D eigenvalue weighted by Crippen LogP contribution is 2.25. The lowest BCUT2D eigenvalue weighted by Crippen LogP contribution is -2.30. The van der Waals surface area contributed by atoms with E-state index in [1.54, 1.807) is 0 Å². The Kier molecular flexibility index (Phi) is 3.03. The molecule has 0 radical (unpaired) electrons.